The number of halogens is 1. The highest BCUT2D eigenvalue weighted by atomic mass is 19.1. The monoisotopic (exact) mass is 279 g/mol. The summed E-state index contributed by atoms with van der Waals surface area (Å²) >= 11 is 0. The Balaban J connectivity index is 2.01. The molecular weight excluding hydrogens is 253 g/mol. The fourth-order valence-electron chi connectivity index (χ4n) is 3.31. The molecule has 1 atom stereocenters. The van der Waals surface area contributed by atoms with Gasteiger partial charge in [-0.15, -0.1) is 0 Å². The molecule has 0 heterocycles. The molecule has 0 aliphatic heterocycles. The molecule has 1 aliphatic carbocycles. The molecule has 1 saturated carbocycles. The van der Waals surface area contributed by atoms with Crippen molar-refractivity contribution in [2.75, 3.05) is 14.2 Å². The third-order valence-electron chi connectivity index (χ3n) is 4.50. The second-order valence-electron chi connectivity index (χ2n) is 5.81. The molecule has 2 rings (SSSR count). The van der Waals surface area contributed by atoms with Crippen LogP contribution in [0.15, 0.2) is 18.2 Å². The first-order valence-electron chi connectivity index (χ1n) is 7.75. The lowest BCUT2D eigenvalue weighted by atomic mass is 9.84. The smallest absolute Gasteiger partial charge is 0.123 e. The van der Waals surface area contributed by atoms with Crippen molar-refractivity contribution in [3.05, 3.63) is 29.6 Å². The number of ether oxygens (including phenoxy) is 1. The highest BCUT2D eigenvalue weighted by molar-refractivity contribution is 5.36. The maximum atomic E-state index is 13.5. The first-order valence-corrected chi connectivity index (χ1v) is 7.75. The lowest BCUT2D eigenvalue weighted by Gasteiger charge is -2.25. The summed E-state index contributed by atoms with van der Waals surface area (Å²) in [5.74, 6) is 1.42. The van der Waals surface area contributed by atoms with E-state index in [9.17, 15) is 4.39 Å². The Morgan fingerprint density at radius 1 is 1.30 bits per heavy atom. The molecule has 0 bridgehead atoms. The first kappa shape index (κ1) is 15.3. The number of rotatable bonds is 6. The van der Waals surface area contributed by atoms with E-state index < -0.39 is 0 Å². The van der Waals surface area contributed by atoms with E-state index in [0.717, 1.165) is 23.7 Å². The van der Waals surface area contributed by atoms with Crippen LogP contribution in [0.5, 0.6) is 5.75 Å². The van der Waals surface area contributed by atoms with Crippen LogP contribution >= 0.6 is 0 Å². The van der Waals surface area contributed by atoms with Crippen LogP contribution in [-0.4, -0.2) is 14.2 Å². The van der Waals surface area contributed by atoms with E-state index in [0.29, 0.717) is 0 Å². The Hall–Kier alpha value is -1.09. The topological polar surface area (TPSA) is 21.3 Å². The minimum Gasteiger partial charge on any atom is -0.496 e. The zero-order valence-electron chi connectivity index (χ0n) is 12.6. The van der Waals surface area contributed by atoms with Gasteiger partial charge in [0.25, 0.3) is 0 Å². The van der Waals surface area contributed by atoms with Crippen molar-refractivity contribution in [2.24, 2.45) is 5.92 Å². The molecule has 0 radical (unpaired) electrons. The van der Waals surface area contributed by atoms with Crippen molar-refractivity contribution in [1.82, 2.24) is 5.32 Å². The van der Waals surface area contributed by atoms with Gasteiger partial charge in [-0.25, -0.2) is 4.39 Å². The molecule has 1 fully saturated rings. The third kappa shape index (κ3) is 3.95. The average molecular weight is 279 g/mol. The van der Waals surface area contributed by atoms with Crippen LogP contribution in [-0.2, 0) is 0 Å². The Morgan fingerprint density at radius 3 is 2.70 bits per heavy atom. The van der Waals surface area contributed by atoms with Crippen LogP contribution < -0.4 is 10.1 Å². The molecule has 1 aliphatic rings. The van der Waals surface area contributed by atoms with E-state index in [4.69, 9.17) is 4.74 Å². The van der Waals surface area contributed by atoms with Gasteiger partial charge in [0.15, 0.2) is 0 Å². The second-order valence-corrected chi connectivity index (χ2v) is 5.81. The fourth-order valence-corrected chi connectivity index (χ4v) is 3.31. The highest BCUT2D eigenvalue weighted by Crippen LogP contribution is 2.33. The van der Waals surface area contributed by atoms with Crippen molar-refractivity contribution < 1.29 is 9.13 Å². The van der Waals surface area contributed by atoms with E-state index in [-0.39, 0.29) is 11.9 Å². The van der Waals surface area contributed by atoms with Gasteiger partial charge in [-0.2, -0.15) is 0 Å². The van der Waals surface area contributed by atoms with Gasteiger partial charge in [-0.1, -0.05) is 32.1 Å². The minimum absolute atomic E-state index is 0.169. The summed E-state index contributed by atoms with van der Waals surface area (Å²) in [6.07, 6.45) is 9.11. The van der Waals surface area contributed by atoms with Gasteiger partial charge >= 0.3 is 0 Å². The van der Waals surface area contributed by atoms with E-state index in [2.05, 4.69) is 5.32 Å². The van der Waals surface area contributed by atoms with E-state index in [1.54, 1.807) is 19.2 Å². The molecule has 112 valence electrons. The van der Waals surface area contributed by atoms with Gasteiger partial charge in [0.05, 0.1) is 7.11 Å². The zero-order valence-corrected chi connectivity index (χ0v) is 12.6. The summed E-state index contributed by atoms with van der Waals surface area (Å²) in [5, 5.41) is 3.31. The maximum Gasteiger partial charge on any atom is 0.123 e. The lowest BCUT2D eigenvalue weighted by Crippen LogP contribution is -2.19. The van der Waals surface area contributed by atoms with Crippen LogP contribution in [0.25, 0.3) is 0 Å². The number of methoxy groups -OCH3 is 1. The summed E-state index contributed by atoms with van der Waals surface area (Å²) in [7, 11) is 3.58. The van der Waals surface area contributed by atoms with E-state index in [1.807, 2.05) is 7.05 Å². The van der Waals surface area contributed by atoms with Gasteiger partial charge in [-0.05, 0) is 44.0 Å². The Labute approximate surface area is 121 Å². The molecule has 2 nitrogen and oxygen atoms in total. The molecule has 0 aromatic heterocycles. The van der Waals surface area contributed by atoms with E-state index in [1.165, 1.54) is 44.6 Å². The third-order valence-corrected chi connectivity index (χ3v) is 4.50. The predicted molar refractivity (Wildman–Crippen MR) is 80.6 cm³/mol. The zero-order chi connectivity index (χ0) is 14.4. The molecule has 1 unspecified atom stereocenters. The summed E-state index contributed by atoms with van der Waals surface area (Å²) in [4.78, 5) is 0. The first-order chi connectivity index (χ1) is 9.74. The molecule has 1 N–H and O–H groups in total. The Bertz CT molecular complexity index is 415. The van der Waals surface area contributed by atoms with Crippen molar-refractivity contribution in [3.8, 4) is 5.75 Å². The van der Waals surface area contributed by atoms with Crippen molar-refractivity contribution >= 4 is 0 Å². The minimum atomic E-state index is -0.196. The predicted octanol–water partition coefficient (Wildman–Crippen LogP) is 4.46. The van der Waals surface area contributed by atoms with Gasteiger partial charge in [0.2, 0.25) is 0 Å². The molecule has 3 heteroatoms. The number of benzene rings is 1. The molecule has 1 aromatic carbocycles. The van der Waals surface area contributed by atoms with Gasteiger partial charge in [0, 0.05) is 11.6 Å². The molecule has 0 saturated heterocycles. The number of hydrogen-bond donors (Lipinski definition) is 1. The van der Waals surface area contributed by atoms with Crippen molar-refractivity contribution in [3.63, 3.8) is 0 Å². The average Bonchev–Trinajstić information content (AvgIpc) is 2.49. The highest BCUT2D eigenvalue weighted by Gasteiger charge is 2.19. The molecule has 0 amide bonds. The van der Waals surface area contributed by atoms with Crippen LogP contribution in [0.2, 0.25) is 0 Å². The molecule has 0 spiro atoms. The van der Waals surface area contributed by atoms with Crippen molar-refractivity contribution in [1.29, 1.82) is 0 Å². The second kappa shape index (κ2) is 7.63. The normalized spacial score (nSPS) is 17.9. The van der Waals surface area contributed by atoms with Gasteiger partial charge in [-0.3, -0.25) is 0 Å². The lowest BCUT2D eigenvalue weighted by molar-refractivity contribution is 0.314. The summed E-state index contributed by atoms with van der Waals surface area (Å²) in [6, 6.07) is 4.94. The Kier molecular flexibility index (Phi) is 5.84. The Morgan fingerprint density at radius 2 is 2.05 bits per heavy atom. The summed E-state index contributed by atoms with van der Waals surface area (Å²) in [5.41, 5.74) is 0.936. The SMILES string of the molecule is CNC(CCC1CCCCC1)c1cc(F)ccc1OC. The number of hydrogen-bond acceptors (Lipinski definition) is 2. The van der Waals surface area contributed by atoms with Gasteiger partial charge in [0.1, 0.15) is 11.6 Å². The summed E-state index contributed by atoms with van der Waals surface area (Å²) in [6.45, 7) is 0. The molecule has 20 heavy (non-hydrogen) atoms. The number of nitrogens with one attached hydrogen (secondary N) is 1. The molecular formula is C17H26FNO. The summed E-state index contributed by atoms with van der Waals surface area (Å²) < 4.78 is 18.9. The largest absolute Gasteiger partial charge is 0.496 e. The quantitative estimate of drug-likeness (QED) is 0.830. The van der Waals surface area contributed by atoms with Crippen molar-refractivity contribution in [2.45, 2.75) is 51.0 Å². The fraction of sp³-hybridized carbons (Fsp3) is 0.647. The van der Waals surface area contributed by atoms with Crippen LogP contribution in [0.3, 0.4) is 0 Å². The van der Waals surface area contributed by atoms with Crippen LogP contribution in [0.4, 0.5) is 4.39 Å². The maximum absolute atomic E-state index is 13.5. The standard InChI is InChI=1S/C17H26FNO/c1-19-16(10-8-13-6-4-3-5-7-13)15-12-14(18)9-11-17(15)20-2/h9,11-13,16,19H,3-8,10H2,1-2H3. The molecule has 1 aromatic rings. The van der Waals surface area contributed by atoms with Crippen LogP contribution in [0.1, 0.15) is 56.6 Å². The van der Waals surface area contributed by atoms with Gasteiger partial charge < -0.3 is 10.1 Å². The van der Waals surface area contributed by atoms with E-state index >= 15 is 0 Å². The van der Waals surface area contributed by atoms with Crippen LogP contribution in [0, 0.1) is 11.7 Å².